The fourth-order valence-corrected chi connectivity index (χ4v) is 4.24. The molecule has 0 radical (unpaired) electrons. The maximum atomic E-state index is 9.93. The molecule has 0 spiro atoms. The third kappa shape index (κ3) is 3.71. The Morgan fingerprint density at radius 2 is 1.42 bits per heavy atom. The lowest BCUT2D eigenvalue weighted by atomic mass is 9.95. The molecule has 3 nitrogen and oxygen atoms in total. The minimum atomic E-state index is -0.0117. The second kappa shape index (κ2) is 6.55. The van der Waals surface area contributed by atoms with Gasteiger partial charge < -0.3 is 14.9 Å². The van der Waals surface area contributed by atoms with Crippen LogP contribution in [0.5, 0.6) is 0 Å². The Kier molecular flexibility index (Phi) is 4.78. The van der Waals surface area contributed by atoms with Crippen molar-refractivity contribution in [3.05, 3.63) is 0 Å². The number of hydrogen-bond donors (Lipinski definition) is 1. The quantitative estimate of drug-likeness (QED) is 0.842. The molecule has 0 aromatic carbocycles. The molecule has 2 unspecified atom stereocenters. The number of piperidine rings is 1. The molecule has 0 aromatic heterocycles. The van der Waals surface area contributed by atoms with Gasteiger partial charge in [-0.05, 0) is 76.5 Å². The standard InChI is InChI=1S/C16H30N2O/c19-16-5-3-4-15(16)13-18-10-6-14(7-11-18)12-17-8-1-2-9-17/h14-16,19H,1-13H2. The van der Waals surface area contributed by atoms with Crippen molar-refractivity contribution in [3.63, 3.8) is 0 Å². The topological polar surface area (TPSA) is 26.7 Å². The van der Waals surface area contributed by atoms with E-state index in [0.717, 1.165) is 18.9 Å². The molecule has 0 aromatic rings. The molecule has 2 aliphatic heterocycles. The van der Waals surface area contributed by atoms with E-state index in [4.69, 9.17) is 0 Å². The molecule has 3 aliphatic rings. The van der Waals surface area contributed by atoms with E-state index in [9.17, 15) is 5.11 Å². The molecule has 2 heterocycles. The molecular weight excluding hydrogens is 236 g/mol. The van der Waals surface area contributed by atoms with Gasteiger partial charge in [0.05, 0.1) is 6.10 Å². The summed E-state index contributed by atoms with van der Waals surface area (Å²) in [6.45, 7) is 7.71. The van der Waals surface area contributed by atoms with E-state index in [1.165, 1.54) is 71.2 Å². The Hall–Kier alpha value is -0.120. The van der Waals surface area contributed by atoms with Gasteiger partial charge in [0.1, 0.15) is 0 Å². The second-order valence-electron chi connectivity index (χ2n) is 7.01. The summed E-state index contributed by atoms with van der Waals surface area (Å²) in [5, 5.41) is 9.93. The van der Waals surface area contributed by atoms with Crippen LogP contribution in [0.2, 0.25) is 0 Å². The fraction of sp³-hybridized carbons (Fsp3) is 1.00. The Labute approximate surface area is 118 Å². The molecule has 110 valence electrons. The Morgan fingerprint density at radius 3 is 2.05 bits per heavy atom. The number of hydrogen-bond acceptors (Lipinski definition) is 3. The Morgan fingerprint density at radius 1 is 0.737 bits per heavy atom. The van der Waals surface area contributed by atoms with Crippen LogP contribution in [0.15, 0.2) is 0 Å². The SMILES string of the molecule is OC1CCCC1CN1CCC(CN2CCCC2)CC1. The van der Waals surface area contributed by atoms with Crippen LogP contribution in [0, 0.1) is 11.8 Å². The Balaban J connectivity index is 1.37. The number of aliphatic hydroxyl groups is 1. The van der Waals surface area contributed by atoms with Crippen LogP contribution in [0.4, 0.5) is 0 Å². The lowest BCUT2D eigenvalue weighted by molar-refractivity contribution is 0.0822. The third-order valence-electron chi connectivity index (χ3n) is 5.53. The van der Waals surface area contributed by atoms with Gasteiger partial charge in [0.25, 0.3) is 0 Å². The van der Waals surface area contributed by atoms with Crippen LogP contribution in [0.1, 0.15) is 44.9 Å². The van der Waals surface area contributed by atoms with E-state index in [0.29, 0.717) is 5.92 Å². The highest BCUT2D eigenvalue weighted by molar-refractivity contribution is 4.82. The maximum Gasteiger partial charge on any atom is 0.0580 e. The molecule has 3 heteroatoms. The first-order valence-electron chi connectivity index (χ1n) is 8.44. The molecule has 1 N–H and O–H groups in total. The van der Waals surface area contributed by atoms with Crippen molar-refractivity contribution in [1.29, 1.82) is 0 Å². The van der Waals surface area contributed by atoms with E-state index >= 15 is 0 Å². The van der Waals surface area contributed by atoms with Crippen molar-refractivity contribution in [3.8, 4) is 0 Å². The molecule has 0 bridgehead atoms. The highest BCUT2D eigenvalue weighted by atomic mass is 16.3. The molecule has 0 amide bonds. The van der Waals surface area contributed by atoms with Gasteiger partial charge in [-0.3, -0.25) is 0 Å². The van der Waals surface area contributed by atoms with Crippen molar-refractivity contribution >= 4 is 0 Å². The number of nitrogens with zero attached hydrogens (tertiary/aromatic N) is 2. The van der Waals surface area contributed by atoms with Crippen molar-refractivity contribution in [2.45, 2.75) is 51.0 Å². The molecular formula is C16H30N2O. The first kappa shape index (κ1) is 13.8. The monoisotopic (exact) mass is 266 g/mol. The van der Waals surface area contributed by atoms with Crippen LogP contribution in [-0.2, 0) is 0 Å². The smallest absolute Gasteiger partial charge is 0.0580 e. The second-order valence-corrected chi connectivity index (χ2v) is 7.01. The van der Waals surface area contributed by atoms with Gasteiger partial charge in [-0.1, -0.05) is 6.42 Å². The van der Waals surface area contributed by atoms with Crippen LogP contribution in [0.25, 0.3) is 0 Å². The van der Waals surface area contributed by atoms with E-state index in [1.807, 2.05) is 0 Å². The largest absolute Gasteiger partial charge is 0.393 e. The van der Waals surface area contributed by atoms with Crippen molar-refractivity contribution < 1.29 is 5.11 Å². The molecule has 2 atom stereocenters. The highest BCUT2D eigenvalue weighted by Crippen LogP contribution is 2.28. The fourth-order valence-electron chi connectivity index (χ4n) is 4.24. The number of likely N-dealkylation sites (tertiary alicyclic amines) is 2. The van der Waals surface area contributed by atoms with Crippen molar-refractivity contribution in [2.24, 2.45) is 11.8 Å². The van der Waals surface area contributed by atoms with Crippen LogP contribution in [-0.4, -0.2) is 60.3 Å². The zero-order valence-corrected chi connectivity index (χ0v) is 12.3. The summed E-state index contributed by atoms with van der Waals surface area (Å²) in [6, 6.07) is 0. The average Bonchev–Trinajstić information content (AvgIpc) is 3.05. The predicted molar refractivity (Wildman–Crippen MR) is 78.2 cm³/mol. The van der Waals surface area contributed by atoms with Crippen LogP contribution < -0.4 is 0 Å². The van der Waals surface area contributed by atoms with E-state index in [2.05, 4.69) is 9.80 Å². The van der Waals surface area contributed by atoms with Gasteiger partial charge in [0.2, 0.25) is 0 Å². The summed E-state index contributed by atoms with van der Waals surface area (Å²) < 4.78 is 0. The maximum absolute atomic E-state index is 9.93. The average molecular weight is 266 g/mol. The van der Waals surface area contributed by atoms with Gasteiger partial charge in [-0.15, -0.1) is 0 Å². The summed E-state index contributed by atoms with van der Waals surface area (Å²) in [5.41, 5.74) is 0. The van der Waals surface area contributed by atoms with Gasteiger partial charge in [-0.25, -0.2) is 0 Å². The van der Waals surface area contributed by atoms with Gasteiger partial charge in [0, 0.05) is 13.1 Å². The first-order valence-corrected chi connectivity index (χ1v) is 8.44. The van der Waals surface area contributed by atoms with E-state index < -0.39 is 0 Å². The summed E-state index contributed by atoms with van der Waals surface area (Å²) in [7, 11) is 0. The van der Waals surface area contributed by atoms with Gasteiger partial charge in [-0.2, -0.15) is 0 Å². The van der Waals surface area contributed by atoms with E-state index in [1.54, 1.807) is 0 Å². The van der Waals surface area contributed by atoms with Crippen LogP contribution >= 0.6 is 0 Å². The summed E-state index contributed by atoms with van der Waals surface area (Å²) >= 11 is 0. The minimum absolute atomic E-state index is 0.0117. The lowest BCUT2D eigenvalue weighted by Crippen LogP contribution is -2.41. The van der Waals surface area contributed by atoms with Gasteiger partial charge in [0.15, 0.2) is 0 Å². The van der Waals surface area contributed by atoms with Crippen molar-refractivity contribution in [1.82, 2.24) is 9.80 Å². The molecule has 3 rings (SSSR count). The van der Waals surface area contributed by atoms with Gasteiger partial charge >= 0.3 is 0 Å². The number of rotatable bonds is 4. The predicted octanol–water partition coefficient (Wildman–Crippen LogP) is 1.96. The van der Waals surface area contributed by atoms with E-state index in [-0.39, 0.29) is 6.10 Å². The molecule has 2 saturated heterocycles. The normalized spacial score (nSPS) is 35.2. The first-order chi connectivity index (χ1) is 9.31. The third-order valence-corrected chi connectivity index (χ3v) is 5.53. The zero-order valence-electron chi connectivity index (χ0n) is 12.3. The van der Waals surface area contributed by atoms with Crippen molar-refractivity contribution in [2.75, 3.05) is 39.3 Å². The molecule has 1 saturated carbocycles. The highest BCUT2D eigenvalue weighted by Gasteiger charge is 2.29. The molecule has 1 aliphatic carbocycles. The number of aliphatic hydroxyl groups excluding tert-OH is 1. The minimum Gasteiger partial charge on any atom is -0.393 e. The molecule has 19 heavy (non-hydrogen) atoms. The summed E-state index contributed by atoms with van der Waals surface area (Å²) in [5.74, 6) is 1.50. The summed E-state index contributed by atoms with van der Waals surface area (Å²) in [4.78, 5) is 5.28. The lowest BCUT2D eigenvalue weighted by Gasteiger charge is -2.35. The van der Waals surface area contributed by atoms with Crippen LogP contribution in [0.3, 0.4) is 0 Å². The molecule has 3 fully saturated rings. The Bertz CT molecular complexity index is 270. The summed E-state index contributed by atoms with van der Waals surface area (Å²) in [6.07, 6.45) is 9.08. The zero-order chi connectivity index (χ0) is 13.1.